The van der Waals surface area contributed by atoms with Gasteiger partial charge in [0.25, 0.3) is 5.91 Å². The maximum absolute atomic E-state index is 13.2. The molecule has 2 unspecified atom stereocenters. The Balaban J connectivity index is 1.59. The topological polar surface area (TPSA) is 114 Å². The van der Waals surface area contributed by atoms with Crippen LogP contribution in [0.5, 0.6) is 5.75 Å². The van der Waals surface area contributed by atoms with Gasteiger partial charge in [-0.05, 0) is 44.9 Å². The van der Waals surface area contributed by atoms with Gasteiger partial charge in [0, 0.05) is 25.6 Å². The van der Waals surface area contributed by atoms with Crippen LogP contribution in [-0.2, 0) is 11.3 Å². The van der Waals surface area contributed by atoms with Crippen LogP contribution in [0.2, 0.25) is 0 Å². The van der Waals surface area contributed by atoms with Crippen LogP contribution < -0.4 is 10.9 Å². The minimum absolute atomic E-state index is 0.0990. The number of rotatable bonds is 4. The maximum Gasteiger partial charge on any atom is 0.407 e. The van der Waals surface area contributed by atoms with Crippen LogP contribution in [-0.4, -0.2) is 50.2 Å². The average Bonchev–Trinajstić information content (AvgIpc) is 3.04. The molecule has 1 aromatic heterocycles. The molecule has 4 rings (SSSR count). The van der Waals surface area contributed by atoms with E-state index in [1.165, 1.54) is 17.0 Å². The Hall–Kier alpha value is -3.43. The summed E-state index contributed by atoms with van der Waals surface area (Å²) in [5, 5.41) is 13.0. The molecule has 9 nitrogen and oxygen atoms in total. The molecule has 170 valence electrons. The molecule has 2 aliphatic heterocycles. The second-order valence-corrected chi connectivity index (χ2v) is 9.12. The molecule has 2 aliphatic rings. The Bertz CT molecular complexity index is 1120. The maximum atomic E-state index is 13.2. The summed E-state index contributed by atoms with van der Waals surface area (Å²) in [5.41, 5.74) is -0.903. The highest BCUT2D eigenvalue weighted by molar-refractivity contribution is 5.96. The number of halogens is 1. The molecule has 3 heterocycles. The Morgan fingerprint density at radius 2 is 1.97 bits per heavy atom. The number of aromatic nitrogens is 2. The van der Waals surface area contributed by atoms with Crippen molar-refractivity contribution in [3.8, 4) is 5.75 Å². The second-order valence-electron chi connectivity index (χ2n) is 9.12. The van der Waals surface area contributed by atoms with Crippen molar-refractivity contribution < 1.29 is 23.8 Å². The van der Waals surface area contributed by atoms with Crippen molar-refractivity contribution in [3.05, 3.63) is 57.5 Å². The predicted octanol–water partition coefficient (Wildman–Crippen LogP) is 2.30. The summed E-state index contributed by atoms with van der Waals surface area (Å²) in [6.45, 7) is 5.99. The van der Waals surface area contributed by atoms with Gasteiger partial charge in [0.1, 0.15) is 17.2 Å². The fourth-order valence-electron chi connectivity index (χ4n) is 4.23. The highest BCUT2D eigenvalue weighted by Crippen LogP contribution is 2.40. The van der Waals surface area contributed by atoms with E-state index in [1.807, 2.05) is 0 Å². The zero-order valence-electron chi connectivity index (χ0n) is 18.1. The summed E-state index contributed by atoms with van der Waals surface area (Å²) < 4.78 is 20.1. The number of amides is 2. The first kappa shape index (κ1) is 21.8. The lowest BCUT2D eigenvalue weighted by atomic mass is 10.0. The Kier molecular flexibility index (Phi) is 5.39. The second kappa shape index (κ2) is 7.92. The lowest BCUT2D eigenvalue weighted by Gasteiger charge is -2.34. The lowest BCUT2D eigenvalue weighted by Crippen LogP contribution is -2.43. The highest BCUT2D eigenvalue weighted by Gasteiger charge is 2.43. The fourth-order valence-corrected chi connectivity index (χ4v) is 4.23. The van der Waals surface area contributed by atoms with Crippen molar-refractivity contribution in [2.75, 3.05) is 13.1 Å². The summed E-state index contributed by atoms with van der Waals surface area (Å²) in [5.74, 6) is -1.52. The van der Waals surface area contributed by atoms with E-state index in [4.69, 9.17) is 4.74 Å². The largest absolute Gasteiger partial charge is 0.501 e. The standard InChI is InChI=1S/C22H25FN4O5/c1-22(2,3)32-21(31)24-9-13-8-15-11-26(10-12-4-6-14(23)7-5-12)20(30)16-17(28)19(29)25-18(13)27(15)16/h4-7,13,15,28H,8-11H2,1-3H3,(H,24,31). The molecular formula is C22H25FN4O5. The zero-order valence-corrected chi connectivity index (χ0v) is 18.1. The van der Waals surface area contributed by atoms with E-state index in [9.17, 15) is 23.9 Å². The zero-order chi connectivity index (χ0) is 23.2. The van der Waals surface area contributed by atoms with Gasteiger partial charge in [0.15, 0.2) is 5.69 Å². The number of benzene rings is 1. The molecular weight excluding hydrogens is 419 g/mol. The summed E-state index contributed by atoms with van der Waals surface area (Å²) in [4.78, 5) is 43.0. The number of aromatic hydroxyl groups is 1. The van der Waals surface area contributed by atoms with Crippen LogP contribution in [0.4, 0.5) is 9.18 Å². The third-order valence-electron chi connectivity index (χ3n) is 5.52. The van der Waals surface area contributed by atoms with Crippen LogP contribution in [0, 0.1) is 5.82 Å². The molecule has 2 atom stereocenters. The first-order chi connectivity index (χ1) is 15.0. The minimum atomic E-state index is -0.883. The fraction of sp³-hybridized carbons (Fsp3) is 0.455. The molecule has 0 aliphatic carbocycles. The van der Waals surface area contributed by atoms with Crippen molar-refractivity contribution in [3.63, 3.8) is 0 Å². The number of nitrogens with zero attached hydrogens (tertiary/aromatic N) is 3. The van der Waals surface area contributed by atoms with Gasteiger partial charge in [0.2, 0.25) is 5.75 Å². The number of hydrogen-bond donors (Lipinski definition) is 2. The molecule has 0 saturated carbocycles. The lowest BCUT2D eigenvalue weighted by molar-refractivity contribution is 0.0524. The Morgan fingerprint density at radius 3 is 2.62 bits per heavy atom. The number of nitrogens with one attached hydrogen (secondary N) is 1. The molecule has 0 saturated heterocycles. The van der Waals surface area contributed by atoms with Crippen LogP contribution in [0.25, 0.3) is 0 Å². The number of carbonyl (C=O) groups is 2. The van der Waals surface area contributed by atoms with Gasteiger partial charge in [-0.1, -0.05) is 12.1 Å². The smallest absolute Gasteiger partial charge is 0.407 e. The number of carbonyl (C=O) groups excluding carboxylic acids is 2. The molecule has 1 aromatic carbocycles. The molecule has 0 spiro atoms. The third-order valence-corrected chi connectivity index (χ3v) is 5.52. The van der Waals surface area contributed by atoms with E-state index in [1.54, 1.807) is 37.5 Å². The van der Waals surface area contributed by atoms with Crippen molar-refractivity contribution in [1.82, 2.24) is 19.8 Å². The van der Waals surface area contributed by atoms with E-state index < -0.39 is 28.9 Å². The molecule has 10 heteroatoms. The SMILES string of the molecule is CC(C)(C)OC(=O)NCC1CC2CN(Cc3ccc(F)cc3)C(=O)c3c(O)c(=O)nc1n32. The van der Waals surface area contributed by atoms with Gasteiger partial charge in [-0.2, -0.15) is 4.98 Å². The van der Waals surface area contributed by atoms with Gasteiger partial charge in [-0.25, -0.2) is 9.18 Å². The summed E-state index contributed by atoms with van der Waals surface area (Å²) in [6, 6.07) is 5.59. The van der Waals surface area contributed by atoms with Crippen molar-refractivity contribution in [2.24, 2.45) is 0 Å². The first-order valence-corrected chi connectivity index (χ1v) is 10.4. The van der Waals surface area contributed by atoms with Crippen molar-refractivity contribution in [2.45, 2.75) is 51.3 Å². The van der Waals surface area contributed by atoms with Crippen LogP contribution in [0.3, 0.4) is 0 Å². The van der Waals surface area contributed by atoms with Gasteiger partial charge < -0.3 is 24.6 Å². The minimum Gasteiger partial charge on any atom is -0.501 e. The van der Waals surface area contributed by atoms with Crippen LogP contribution in [0.15, 0.2) is 29.1 Å². The van der Waals surface area contributed by atoms with Gasteiger partial charge in [0.05, 0.1) is 6.04 Å². The van der Waals surface area contributed by atoms with E-state index in [0.717, 1.165) is 5.56 Å². The summed E-state index contributed by atoms with van der Waals surface area (Å²) >= 11 is 0. The van der Waals surface area contributed by atoms with E-state index >= 15 is 0 Å². The van der Waals surface area contributed by atoms with Gasteiger partial charge in [-0.15, -0.1) is 0 Å². The van der Waals surface area contributed by atoms with E-state index in [-0.39, 0.29) is 36.6 Å². The molecule has 2 N–H and O–H groups in total. The number of alkyl carbamates (subject to hydrolysis) is 1. The summed E-state index contributed by atoms with van der Waals surface area (Å²) in [7, 11) is 0. The molecule has 0 radical (unpaired) electrons. The Morgan fingerprint density at radius 1 is 1.28 bits per heavy atom. The predicted molar refractivity (Wildman–Crippen MR) is 112 cm³/mol. The summed E-state index contributed by atoms with van der Waals surface area (Å²) in [6.07, 6.45) is -0.0657. The molecule has 2 aromatic rings. The van der Waals surface area contributed by atoms with Crippen molar-refractivity contribution in [1.29, 1.82) is 0 Å². The average molecular weight is 444 g/mol. The normalized spacial score (nSPS) is 19.6. The van der Waals surface area contributed by atoms with Crippen LogP contribution >= 0.6 is 0 Å². The van der Waals surface area contributed by atoms with Gasteiger partial charge >= 0.3 is 11.7 Å². The van der Waals surface area contributed by atoms with Crippen molar-refractivity contribution >= 4 is 12.0 Å². The van der Waals surface area contributed by atoms with E-state index in [0.29, 0.717) is 18.8 Å². The van der Waals surface area contributed by atoms with E-state index in [2.05, 4.69) is 10.3 Å². The number of hydrogen-bond acceptors (Lipinski definition) is 6. The molecule has 2 amide bonds. The monoisotopic (exact) mass is 444 g/mol. The van der Waals surface area contributed by atoms with Gasteiger partial charge in [-0.3, -0.25) is 9.59 Å². The van der Waals surface area contributed by atoms with Crippen LogP contribution in [0.1, 0.15) is 61.0 Å². The molecule has 0 bridgehead atoms. The first-order valence-electron chi connectivity index (χ1n) is 10.4. The molecule has 32 heavy (non-hydrogen) atoms. The number of ether oxygens (including phenoxy) is 1. The third kappa shape index (κ3) is 4.17. The highest BCUT2D eigenvalue weighted by atomic mass is 19.1. The quantitative estimate of drug-likeness (QED) is 0.748. The Labute approximate surface area is 183 Å². The molecule has 0 fully saturated rings.